The summed E-state index contributed by atoms with van der Waals surface area (Å²) < 4.78 is 17.5. The molecule has 1 atom stereocenters. The molecule has 0 bridgehead atoms. The molecule has 4 nitrogen and oxygen atoms in total. The number of fused-ring (bicyclic) bond motifs is 1. The van der Waals surface area contributed by atoms with Gasteiger partial charge in [-0.3, -0.25) is 0 Å². The van der Waals surface area contributed by atoms with Crippen molar-refractivity contribution in [2.75, 3.05) is 34.9 Å². The summed E-state index contributed by atoms with van der Waals surface area (Å²) in [5.41, 5.74) is 4.79. The van der Waals surface area contributed by atoms with Gasteiger partial charge >= 0.3 is 0 Å². The van der Waals surface area contributed by atoms with Gasteiger partial charge in [0.15, 0.2) is 11.5 Å². The van der Waals surface area contributed by atoms with Crippen LogP contribution in [0.5, 0.6) is 17.2 Å². The number of nitrogens with zero attached hydrogens (tertiary/aromatic N) is 1. The Bertz CT molecular complexity index is 1070. The van der Waals surface area contributed by atoms with Crippen LogP contribution in [0.1, 0.15) is 22.6 Å². The lowest BCUT2D eigenvalue weighted by molar-refractivity contribution is 0.354. The van der Waals surface area contributed by atoms with Gasteiger partial charge in [0, 0.05) is 23.6 Å². The van der Waals surface area contributed by atoms with Crippen LogP contribution in [-0.4, -0.2) is 39.8 Å². The third kappa shape index (κ3) is 4.44. The van der Waals surface area contributed by atoms with E-state index in [0.717, 1.165) is 30.0 Å². The van der Waals surface area contributed by atoms with Gasteiger partial charge in [-0.25, -0.2) is 0 Å². The van der Waals surface area contributed by atoms with Crippen molar-refractivity contribution in [2.24, 2.45) is 0 Å². The molecule has 0 N–H and O–H groups in total. The Morgan fingerprint density at radius 3 is 2.26 bits per heavy atom. The lowest BCUT2D eigenvalue weighted by atomic mass is 9.81. The average Bonchev–Trinajstić information content (AvgIpc) is 2.80. The molecule has 1 heterocycles. The van der Waals surface area contributed by atoms with Crippen LogP contribution in [0.15, 0.2) is 78.4 Å². The lowest BCUT2D eigenvalue weighted by Gasteiger charge is -2.33. The van der Waals surface area contributed by atoms with Gasteiger partial charge in [0.2, 0.25) is 0 Å². The Morgan fingerprint density at radius 1 is 0.839 bits per heavy atom. The third-order valence-corrected chi connectivity index (χ3v) is 5.63. The van der Waals surface area contributed by atoms with E-state index in [4.69, 9.17) is 14.2 Å². The monoisotopic (exact) mass is 415 g/mol. The molecule has 1 aliphatic heterocycles. The van der Waals surface area contributed by atoms with E-state index < -0.39 is 0 Å². The highest BCUT2D eigenvalue weighted by Gasteiger charge is 2.31. The standard InChI is InChI=1S/C27H29NO3/c1-28(2)18-23-22(16-19-10-6-5-7-11-19)21-12-8-9-13-24(21)31-27(23)20-14-15-25(29-3)26(17-20)30-4/h5-15,17,22H,16,18H2,1-4H3/t22-/m1/s1. The molecule has 31 heavy (non-hydrogen) atoms. The molecule has 0 aromatic heterocycles. The number of ether oxygens (including phenoxy) is 3. The zero-order valence-electron chi connectivity index (χ0n) is 18.6. The van der Waals surface area contributed by atoms with E-state index in [1.807, 2.05) is 24.3 Å². The summed E-state index contributed by atoms with van der Waals surface area (Å²) in [6.07, 6.45) is 0.918. The van der Waals surface area contributed by atoms with Crippen LogP contribution in [0.3, 0.4) is 0 Å². The summed E-state index contributed by atoms with van der Waals surface area (Å²) in [5.74, 6) is 3.43. The van der Waals surface area contributed by atoms with E-state index in [9.17, 15) is 0 Å². The maximum absolute atomic E-state index is 6.53. The van der Waals surface area contributed by atoms with Crippen molar-refractivity contribution in [3.05, 3.63) is 95.1 Å². The van der Waals surface area contributed by atoms with Gasteiger partial charge in [0.1, 0.15) is 11.5 Å². The highest BCUT2D eigenvalue weighted by molar-refractivity contribution is 5.72. The summed E-state index contributed by atoms with van der Waals surface area (Å²) in [5, 5.41) is 0. The van der Waals surface area contributed by atoms with E-state index in [-0.39, 0.29) is 5.92 Å². The van der Waals surface area contributed by atoms with E-state index >= 15 is 0 Å². The largest absolute Gasteiger partial charge is 0.493 e. The molecular formula is C27H29NO3. The van der Waals surface area contributed by atoms with Crippen molar-refractivity contribution >= 4 is 5.76 Å². The third-order valence-electron chi connectivity index (χ3n) is 5.63. The first kappa shape index (κ1) is 21.0. The minimum absolute atomic E-state index is 0.220. The number of likely N-dealkylation sites (N-methyl/N-ethyl adjacent to an activating group) is 1. The fourth-order valence-corrected chi connectivity index (χ4v) is 4.21. The lowest BCUT2D eigenvalue weighted by Crippen LogP contribution is -2.25. The zero-order valence-corrected chi connectivity index (χ0v) is 18.6. The predicted molar refractivity (Wildman–Crippen MR) is 125 cm³/mol. The van der Waals surface area contributed by atoms with Crippen LogP contribution in [0.2, 0.25) is 0 Å². The average molecular weight is 416 g/mol. The molecule has 4 rings (SSSR count). The van der Waals surface area contributed by atoms with Crippen molar-refractivity contribution in [2.45, 2.75) is 12.3 Å². The minimum atomic E-state index is 0.220. The van der Waals surface area contributed by atoms with Crippen LogP contribution in [0.4, 0.5) is 0 Å². The number of para-hydroxylation sites is 1. The number of rotatable bonds is 7. The van der Waals surface area contributed by atoms with Gasteiger partial charge in [-0.05, 0) is 55.9 Å². The molecule has 0 fully saturated rings. The molecule has 3 aromatic rings. The summed E-state index contributed by atoms with van der Waals surface area (Å²) in [4.78, 5) is 2.20. The highest BCUT2D eigenvalue weighted by Crippen LogP contribution is 2.45. The van der Waals surface area contributed by atoms with Gasteiger partial charge in [-0.2, -0.15) is 0 Å². The molecule has 0 saturated heterocycles. The molecule has 160 valence electrons. The molecule has 0 radical (unpaired) electrons. The summed E-state index contributed by atoms with van der Waals surface area (Å²) in [7, 11) is 7.50. The van der Waals surface area contributed by atoms with Crippen molar-refractivity contribution in [3.8, 4) is 17.2 Å². The predicted octanol–water partition coefficient (Wildman–Crippen LogP) is 5.40. The Kier molecular flexibility index (Phi) is 6.28. The normalized spacial score (nSPS) is 15.5. The zero-order chi connectivity index (χ0) is 21.8. The second-order valence-corrected chi connectivity index (χ2v) is 8.04. The summed E-state index contributed by atoms with van der Waals surface area (Å²) >= 11 is 0. The van der Waals surface area contributed by atoms with Crippen LogP contribution in [-0.2, 0) is 6.42 Å². The van der Waals surface area contributed by atoms with Crippen LogP contribution < -0.4 is 14.2 Å². The minimum Gasteiger partial charge on any atom is -0.493 e. The smallest absolute Gasteiger partial charge is 0.161 e. The first-order valence-corrected chi connectivity index (χ1v) is 10.5. The number of benzene rings is 3. The van der Waals surface area contributed by atoms with Crippen molar-refractivity contribution in [1.29, 1.82) is 0 Å². The molecule has 0 aliphatic carbocycles. The van der Waals surface area contributed by atoms with E-state index in [1.54, 1.807) is 14.2 Å². The van der Waals surface area contributed by atoms with Crippen LogP contribution >= 0.6 is 0 Å². The summed E-state index contributed by atoms with van der Waals surface area (Å²) in [6.45, 7) is 0.801. The summed E-state index contributed by atoms with van der Waals surface area (Å²) in [6, 6.07) is 25.0. The van der Waals surface area contributed by atoms with Gasteiger partial charge in [0.25, 0.3) is 0 Å². The van der Waals surface area contributed by atoms with E-state index in [1.165, 1.54) is 16.7 Å². The molecule has 0 saturated carbocycles. The number of hydrogen-bond acceptors (Lipinski definition) is 4. The molecule has 0 spiro atoms. The Morgan fingerprint density at radius 2 is 1.55 bits per heavy atom. The molecular weight excluding hydrogens is 386 g/mol. The molecule has 4 heteroatoms. The Balaban J connectivity index is 1.87. The number of methoxy groups -OCH3 is 2. The maximum atomic E-state index is 6.53. The van der Waals surface area contributed by atoms with Crippen molar-refractivity contribution in [1.82, 2.24) is 4.90 Å². The Labute approximate surface area is 184 Å². The SMILES string of the molecule is COc1ccc(C2=C(CN(C)C)[C@H](Cc3ccccc3)c3ccccc3O2)cc1OC. The van der Waals surface area contributed by atoms with Crippen LogP contribution in [0, 0.1) is 0 Å². The van der Waals surface area contributed by atoms with Gasteiger partial charge in [0.05, 0.1) is 14.2 Å². The van der Waals surface area contributed by atoms with Gasteiger partial charge in [-0.1, -0.05) is 48.5 Å². The Hall–Kier alpha value is -3.24. The van der Waals surface area contributed by atoms with Gasteiger partial charge in [-0.15, -0.1) is 0 Å². The van der Waals surface area contributed by atoms with E-state index in [0.29, 0.717) is 11.5 Å². The topological polar surface area (TPSA) is 30.9 Å². The second-order valence-electron chi connectivity index (χ2n) is 8.04. The highest BCUT2D eigenvalue weighted by atomic mass is 16.5. The molecule has 3 aromatic carbocycles. The molecule has 1 aliphatic rings. The van der Waals surface area contributed by atoms with Crippen molar-refractivity contribution in [3.63, 3.8) is 0 Å². The number of hydrogen-bond donors (Lipinski definition) is 0. The van der Waals surface area contributed by atoms with Gasteiger partial charge < -0.3 is 19.1 Å². The fourth-order valence-electron chi connectivity index (χ4n) is 4.21. The first-order valence-electron chi connectivity index (χ1n) is 10.5. The van der Waals surface area contributed by atoms with Crippen molar-refractivity contribution < 1.29 is 14.2 Å². The molecule has 0 unspecified atom stereocenters. The maximum Gasteiger partial charge on any atom is 0.161 e. The quantitative estimate of drug-likeness (QED) is 0.517. The molecule has 0 amide bonds. The second kappa shape index (κ2) is 9.27. The fraction of sp³-hybridized carbons (Fsp3) is 0.259. The van der Waals surface area contributed by atoms with E-state index in [2.05, 4.69) is 67.5 Å². The first-order chi connectivity index (χ1) is 15.1. The van der Waals surface area contributed by atoms with Crippen LogP contribution in [0.25, 0.3) is 5.76 Å².